The van der Waals surface area contributed by atoms with Gasteiger partial charge in [-0.25, -0.2) is 0 Å². The first-order valence-electron chi connectivity index (χ1n) is 13.4. The molecule has 0 amide bonds. The quantitative estimate of drug-likeness (QED) is 0.234. The van der Waals surface area contributed by atoms with Crippen LogP contribution in [-0.4, -0.2) is 28.4 Å². The second-order valence-corrected chi connectivity index (χ2v) is 10.8. The smallest absolute Gasteiger partial charge is 0.164 e. The van der Waals surface area contributed by atoms with Crippen molar-refractivity contribution in [2.75, 3.05) is 28.4 Å². The van der Waals surface area contributed by atoms with Crippen LogP contribution in [0.25, 0.3) is 0 Å². The molecule has 0 saturated heterocycles. The van der Waals surface area contributed by atoms with Crippen LogP contribution >= 0.6 is 0 Å². The van der Waals surface area contributed by atoms with Crippen molar-refractivity contribution in [3.05, 3.63) is 82.0 Å². The van der Waals surface area contributed by atoms with E-state index in [4.69, 9.17) is 18.9 Å². The molecule has 0 aliphatic rings. The van der Waals surface area contributed by atoms with Crippen molar-refractivity contribution >= 4 is 0 Å². The van der Waals surface area contributed by atoms with Crippen molar-refractivity contribution in [3.8, 4) is 23.0 Å². The van der Waals surface area contributed by atoms with Gasteiger partial charge in [0.05, 0.1) is 28.4 Å². The molecule has 0 bridgehead atoms. The Morgan fingerprint density at radius 1 is 0.711 bits per heavy atom. The van der Waals surface area contributed by atoms with Gasteiger partial charge in [0.15, 0.2) is 11.5 Å². The Balaban J connectivity index is 2.52. The van der Waals surface area contributed by atoms with Gasteiger partial charge in [-0.15, -0.1) is 6.58 Å². The van der Waals surface area contributed by atoms with E-state index in [-0.39, 0.29) is 5.41 Å². The number of aryl methyl sites for hydroxylation is 2. The fraction of sp³-hybridized carbons (Fsp3) is 0.471. The van der Waals surface area contributed by atoms with Crippen LogP contribution in [0.5, 0.6) is 23.0 Å². The first-order valence-corrected chi connectivity index (χ1v) is 13.4. The highest BCUT2D eigenvalue weighted by Crippen LogP contribution is 2.40. The van der Waals surface area contributed by atoms with E-state index in [2.05, 4.69) is 72.4 Å². The SMILES string of the molecule is C=CC(C)(C)c1cc(CCCc2cc(OC)c(OC)c(CC=C(C)C)c2CC=C(C)C)c(OC)cc1OC. The predicted molar refractivity (Wildman–Crippen MR) is 161 cm³/mol. The summed E-state index contributed by atoms with van der Waals surface area (Å²) < 4.78 is 23.1. The normalized spacial score (nSPS) is 11.0. The average Bonchev–Trinajstić information content (AvgIpc) is 2.89. The van der Waals surface area contributed by atoms with E-state index < -0.39 is 0 Å². The second-order valence-electron chi connectivity index (χ2n) is 10.8. The van der Waals surface area contributed by atoms with E-state index in [1.54, 1.807) is 28.4 Å². The molecular weight excluding hydrogens is 472 g/mol. The van der Waals surface area contributed by atoms with Gasteiger partial charge in [-0.1, -0.05) is 43.2 Å². The molecular formula is C34H48O4. The van der Waals surface area contributed by atoms with E-state index in [0.717, 1.165) is 60.7 Å². The maximum absolute atomic E-state index is 5.87. The number of benzene rings is 2. The zero-order valence-electron chi connectivity index (χ0n) is 25.3. The molecule has 0 atom stereocenters. The molecule has 4 nitrogen and oxygen atoms in total. The van der Waals surface area contributed by atoms with Crippen LogP contribution in [0.15, 0.2) is 54.2 Å². The van der Waals surface area contributed by atoms with Gasteiger partial charge >= 0.3 is 0 Å². The molecule has 0 aromatic heterocycles. The summed E-state index contributed by atoms with van der Waals surface area (Å²) in [4.78, 5) is 0. The van der Waals surface area contributed by atoms with Gasteiger partial charge in [-0.3, -0.25) is 0 Å². The molecule has 0 saturated carbocycles. The number of ether oxygens (including phenoxy) is 4. The standard InChI is InChI=1S/C34H48O4/c1-12-34(6,7)29-20-26(30(35-8)22-31(29)36-9)15-13-14-25-21-32(37-10)33(38-11)28(19-17-24(4)5)27(25)18-16-23(2)3/h12,16-17,20-22H,1,13-15,18-19H2,2-11H3. The average molecular weight is 521 g/mol. The Hall–Kier alpha value is -3.14. The van der Waals surface area contributed by atoms with Gasteiger partial charge < -0.3 is 18.9 Å². The summed E-state index contributed by atoms with van der Waals surface area (Å²) in [5.41, 5.74) is 8.51. The molecule has 0 fully saturated rings. The number of methoxy groups -OCH3 is 4. The maximum atomic E-state index is 5.87. The predicted octanol–water partition coefficient (Wildman–Crippen LogP) is 8.38. The van der Waals surface area contributed by atoms with Crippen molar-refractivity contribution in [3.63, 3.8) is 0 Å². The Bertz CT molecular complexity index is 1160. The molecule has 2 aromatic rings. The van der Waals surface area contributed by atoms with Crippen molar-refractivity contribution in [2.24, 2.45) is 0 Å². The fourth-order valence-corrected chi connectivity index (χ4v) is 4.71. The van der Waals surface area contributed by atoms with E-state index in [9.17, 15) is 0 Å². The van der Waals surface area contributed by atoms with E-state index in [0.29, 0.717) is 0 Å². The van der Waals surface area contributed by atoms with Gasteiger partial charge in [-0.05, 0) is 88.6 Å². The molecule has 0 unspecified atom stereocenters. The monoisotopic (exact) mass is 520 g/mol. The molecule has 208 valence electrons. The number of rotatable bonds is 14. The molecule has 0 N–H and O–H groups in total. The molecule has 4 heteroatoms. The largest absolute Gasteiger partial charge is 0.496 e. The third-order valence-electron chi connectivity index (χ3n) is 7.11. The van der Waals surface area contributed by atoms with Crippen molar-refractivity contribution < 1.29 is 18.9 Å². The van der Waals surface area contributed by atoms with Crippen LogP contribution in [0.3, 0.4) is 0 Å². The zero-order valence-corrected chi connectivity index (χ0v) is 25.3. The highest BCUT2D eigenvalue weighted by atomic mass is 16.5. The van der Waals surface area contributed by atoms with Gasteiger partial charge in [0.25, 0.3) is 0 Å². The Morgan fingerprint density at radius 2 is 1.26 bits per heavy atom. The number of hydrogen-bond donors (Lipinski definition) is 0. The highest BCUT2D eigenvalue weighted by molar-refractivity contribution is 5.56. The van der Waals surface area contributed by atoms with E-state index >= 15 is 0 Å². The molecule has 0 aliphatic heterocycles. The van der Waals surface area contributed by atoms with Gasteiger partial charge in [0.1, 0.15) is 11.5 Å². The molecule has 2 rings (SSSR count). The third kappa shape index (κ3) is 7.69. The third-order valence-corrected chi connectivity index (χ3v) is 7.11. The summed E-state index contributed by atoms with van der Waals surface area (Å²) in [6.07, 6.45) is 11.0. The summed E-state index contributed by atoms with van der Waals surface area (Å²) in [6, 6.07) is 6.39. The van der Waals surface area contributed by atoms with Crippen LogP contribution in [0.4, 0.5) is 0 Å². The van der Waals surface area contributed by atoms with Crippen LogP contribution in [-0.2, 0) is 31.1 Å². The Kier molecular flexibility index (Phi) is 11.6. The minimum absolute atomic E-state index is 0.215. The maximum Gasteiger partial charge on any atom is 0.164 e. The molecule has 38 heavy (non-hydrogen) atoms. The number of hydrogen-bond acceptors (Lipinski definition) is 4. The minimum atomic E-state index is -0.215. The first-order chi connectivity index (χ1) is 18.0. The lowest BCUT2D eigenvalue weighted by Crippen LogP contribution is -2.15. The van der Waals surface area contributed by atoms with Gasteiger partial charge in [-0.2, -0.15) is 0 Å². The Morgan fingerprint density at radius 3 is 1.76 bits per heavy atom. The van der Waals surface area contributed by atoms with Crippen LogP contribution in [0.1, 0.15) is 75.8 Å². The topological polar surface area (TPSA) is 36.9 Å². The highest BCUT2D eigenvalue weighted by Gasteiger charge is 2.24. The molecule has 0 spiro atoms. The van der Waals surface area contributed by atoms with Crippen LogP contribution in [0.2, 0.25) is 0 Å². The number of allylic oxidation sites excluding steroid dienone is 5. The van der Waals surface area contributed by atoms with Crippen molar-refractivity contribution in [1.82, 2.24) is 0 Å². The van der Waals surface area contributed by atoms with Crippen LogP contribution in [0, 0.1) is 0 Å². The lowest BCUT2D eigenvalue weighted by atomic mass is 9.82. The molecule has 0 aliphatic carbocycles. The summed E-state index contributed by atoms with van der Waals surface area (Å²) in [5, 5.41) is 0. The lowest BCUT2D eigenvalue weighted by Gasteiger charge is -2.25. The molecule has 0 heterocycles. The van der Waals surface area contributed by atoms with Gasteiger partial charge in [0, 0.05) is 22.6 Å². The minimum Gasteiger partial charge on any atom is -0.496 e. The van der Waals surface area contributed by atoms with E-state index in [1.807, 2.05) is 12.1 Å². The Labute approximate surface area is 231 Å². The summed E-state index contributed by atoms with van der Waals surface area (Å²) >= 11 is 0. The van der Waals surface area contributed by atoms with Crippen molar-refractivity contribution in [1.29, 1.82) is 0 Å². The fourth-order valence-electron chi connectivity index (χ4n) is 4.71. The second kappa shape index (κ2) is 14.1. The summed E-state index contributed by atoms with van der Waals surface area (Å²) in [7, 11) is 6.87. The summed E-state index contributed by atoms with van der Waals surface area (Å²) in [6.45, 7) is 16.9. The first kappa shape index (κ1) is 31.1. The molecule has 0 radical (unpaired) electrons. The van der Waals surface area contributed by atoms with E-state index in [1.165, 1.54) is 33.4 Å². The van der Waals surface area contributed by atoms with Gasteiger partial charge in [0.2, 0.25) is 0 Å². The summed E-state index contributed by atoms with van der Waals surface area (Å²) in [5.74, 6) is 3.30. The van der Waals surface area contributed by atoms with Crippen LogP contribution < -0.4 is 18.9 Å². The lowest BCUT2D eigenvalue weighted by molar-refractivity contribution is 0.351. The molecule has 2 aromatic carbocycles. The van der Waals surface area contributed by atoms with Crippen molar-refractivity contribution in [2.45, 2.75) is 79.1 Å². The zero-order chi connectivity index (χ0) is 28.5.